The monoisotopic (exact) mass is 693 g/mol. The van der Waals surface area contributed by atoms with Gasteiger partial charge in [0.25, 0.3) is 0 Å². The zero-order chi connectivity index (χ0) is 35.9. The molecule has 1 N–H and O–H groups in total. The van der Waals surface area contributed by atoms with Gasteiger partial charge in [0.2, 0.25) is 5.91 Å². The molecule has 0 aliphatic heterocycles. The van der Waals surface area contributed by atoms with Gasteiger partial charge < -0.3 is 15.0 Å². The Kier molecular flexibility index (Phi) is 38.8. The smallest absolute Gasteiger partial charge is 0.306 e. The van der Waals surface area contributed by atoms with Crippen molar-refractivity contribution in [2.24, 2.45) is 0 Å². The molecule has 0 aromatic heterocycles. The van der Waals surface area contributed by atoms with E-state index in [4.69, 9.17) is 4.74 Å². The van der Waals surface area contributed by atoms with Crippen molar-refractivity contribution in [1.82, 2.24) is 10.2 Å². The summed E-state index contributed by atoms with van der Waals surface area (Å²) in [5.74, 6) is 0.150. The summed E-state index contributed by atoms with van der Waals surface area (Å²) in [5, 5.41) is 3.10. The maximum Gasteiger partial charge on any atom is 0.306 e. The predicted octanol–water partition coefficient (Wildman–Crippen LogP) is 13.3. The second kappa shape index (κ2) is 39.7. The Balaban J connectivity index is 3.56. The topological polar surface area (TPSA) is 58.6 Å². The van der Waals surface area contributed by atoms with Crippen molar-refractivity contribution >= 4 is 11.9 Å². The first-order valence-corrected chi connectivity index (χ1v) is 22.2. The van der Waals surface area contributed by atoms with Crippen LogP contribution >= 0.6 is 0 Å². The van der Waals surface area contributed by atoms with Crippen LogP contribution in [-0.4, -0.2) is 49.6 Å². The Morgan fingerprint density at radius 3 is 1.20 bits per heavy atom. The van der Waals surface area contributed by atoms with Crippen molar-refractivity contribution in [2.75, 3.05) is 26.7 Å². The summed E-state index contributed by atoms with van der Waals surface area (Å²) in [5.41, 5.74) is 0. The zero-order valence-corrected chi connectivity index (χ0v) is 33.9. The van der Waals surface area contributed by atoms with Crippen LogP contribution in [0.5, 0.6) is 0 Å². The SMILES string of the molecule is CCCCCCCCCCCCCCCCCC(=O)NCCCN(C)CC(CC)OC(=O)CCCCCCCCCCCCCCCCC. The van der Waals surface area contributed by atoms with Gasteiger partial charge in [-0.3, -0.25) is 9.59 Å². The van der Waals surface area contributed by atoms with Gasteiger partial charge in [-0.2, -0.15) is 0 Å². The van der Waals surface area contributed by atoms with E-state index in [-0.39, 0.29) is 18.0 Å². The number of nitrogens with one attached hydrogen (secondary N) is 1. The molecule has 1 amide bonds. The summed E-state index contributed by atoms with van der Waals surface area (Å²) in [6.45, 7) is 9.04. The zero-order valence-electron chi connectivity index (χ0n) is 33.9. The van der Waals surface area contributed by atoms with Crippen LogP contribution in [-0.2, 0) is 14.3 Å². The molecule has 0 aliphatic carbocycles. The minimum atomic E-state index is -0.0477. The van der Waals surface area contributed by atoms with Crippen LogP contribution in [0.25, 0.3) is 0 Å². The van der Waals surface area contributed by atoms with Crippen LogP contribution in [0, 0.1) is 0 Å². The lowest BCUT2D eigenvalue weighted by atomic mass is 10.0. The molecule has 0 fully saturated rings. The number of carbonyl (C=O) groups excluding carboxylic acids is 2. The van der Waals surface area contributed by atoms with Crippen molar-refractivity contribution in [1.29, 1.82) is 0 Å². The molecule has 5 nitrogen and oxygen atoms in total. The van der Waals surface area contributed by atoms with Gasteiger partial charge in [0.15, 0.2) is 0 Å². The minimum Gasteiger partial charge on any atom is -0.461 e. The first kappa shape index (κ1) is 47.9. The third kappa shape index (κ3) is 38.0. The van der Waals surface area contributed by atoms with Gasteiger partial charge in [0.05, 0.1) is 0 Å². The van der Waals surface area contributed by atoms with Crippen LogP contribution in [0.15, 0.2) is 0 Å². The van der Waals surface area contributed by atoms with Gasteiger partial charge in [-0.05, 0) is 39.3 Å². The Labute approximate surface area is 307 Å². The third-order valence-electron chi connectivity index (χ3n) is 10.3. The van der Waals surface area contributed by atoms with Gasteiger partial charge in [-0.15, -0.1) is 0 Å². The molecule has 0 aliphatic rings. The molecule has 292 valence electrons. The van der Waals surface area contributed by atoms with Crippen molar-refractivity contribution in [3.8, 4) is 0 Å². The maximum absolute atomic E-state index is 12.4. The number of likely N-dealkylation sites (N-methyl/N-ethyl adjacent to an activating group) is 1. The lowest BCUT2D eigenvalue weighted by Gasteiger charge is -2.23. The quantitative estimate of drug-likeness (QED) is 0.0513. The molecule has 0 saturated carbocycles. The van der Waals surface area contributed by atoms with Gasteiger partial charge in [0.1, 0.15) is 6.10 Å². The maximum atomic E-state index is 12.4. The van der Waals surface area contributed by atoms with E-state index in [9.17, 15) is 9.59 Å². The van der Waals surface area contributed by atoms with E-state index in [1.165, 1.54) is 173 Å². The number of esters is 1. The molecule has 0 rings (SSSR count). The normalized spacial score (nSPS) is 12.1. The summed E-state index contributed by atoms with van der Waals surface area (Å²) in [6.07, 6.45) is 43.1. The van der Waals surface area contributed by atoms with Crippen molar-refractivity contribution < 1.29 is 14.3 Å². The van der Waals surface area contributed by atoms with E-state index >= 15 is 0 Å². The van der Waals surface area contributed by atoms with Crippen LogP contribution in [0.3, 0.4) is 0 Å². The molecular weight excluding hydrogens is 604 g/mol. The summed E-state index contributed by atoms with van der Waals surface area (Å²) in [4.78, 5) is 26.9. The van der Waals surface area contributed by atoms with Gasteiger partial charge in [-0.1, -0.05) is 201 Å². The van der Waals surface area contributed by atoms with Crippen LogP contribution in [0.1, 0.15) is 239 Å². The fourth-order valence-corrected chi connectivity index (χ4v) is 6.90. The van der Waals surface area contributed by atoms with Gasteiger partial charge in [-0.25, -0.2) is 0 Å². The largest absolute Gasteiger partial charge is 0.461 e. The molecule has 0 saturated heterocycles. The summed E-state index contributed by atoms with van der Waals surface area (Å²) in [6, 6.07) is 0. The Morgan fingerprint density at radius 2 is 0.837 bits per heavy atom. The van der Waals surface area contributed by atoms with Gasteiger partial charge in [0, 0.05) is 25.9 Å². The number of ether oxygens (including phenoxy) is 1. The third-order valence-corrected chi connectivity index (χ3v) is 10.3. The first-order chi connectivity index (χ1) is 24.0. The molecule has 1 unspecified atom stereocenters. The number of nitrogens with zero attached hydrogens (tertiary/aromatic N) is 1. The Bertz CT molecular complexity index is 685. The summed E-state index contributed by atoms with van der Waals surface area (Å²) in [7, 11) is 2.09. The lowest BCUT2D eigenvalue weighted by Crippen LogP contribution is -2.34. The Morgan fingerprint density at radius 1 is 0.490 bits per heavy atom. The second-order valence-electron chi connectivity index (χ2n) is 15.4. The van der Waals surface area contributed by atoms with E-state index in [0.717, 1.165) is 51.7 Å². The predicted molar refractivity (Wildman–Crippen MR) is 214 cm³/mol. The van der Waals surface area contributed by atoms with E-state index in [1.54, 1.807) is 0 Å². The molecule has 0 spiro atoms. The molecule has 0 aromatic rings. The molecule has 5 heteroatoms. The highest BCUT2D eigenvalue weighted by atomic mass is 16.5. The standard InChI is InChI=1S/C44H88N2O3/c1-5-8-10-12-14-16-18-20-22-24-26-28-30-32-34-37-43(47)45-39-36-40-46(4)41-42(7-3)49-44(48)38-35-33-31-29-27-25-23-21-19-17-15-13-11-9-6-2/h42H,5-41H2,1-4H3,(H,45,47). The van der Waals surface area contributed by atoms with Crippen LogP contribution in [0.4, 0.5) is 0 Å². The molecule has 49 heavy (non-hydrogen) atoms. The molecule has 1 atom stereocenters. The molecule has 0 heterocycles. The molecule has 0 aromatic carbocycles. The number of unbranched alkanes of at least 4 members (excludes halogenated alkanes) is 28. The molecule has 0 radical (unpaired) electrons. The van der Waals surface area contributed by atoms with E-state index in [2.05, 4.69) is 38.0 Å². The number of rotatable bonds is 40. The number of amides is 1. The average Bonchev–Trinajstić information content (AvgIpc) is 3.09. The van der Waals surface area contributed by atoms with Crippen LogP contribution in [0.2, 0.25) is 0 Å². The first-order valence-electron chi connectivity index (χ1n) is 22.2. The lowest BCUT2D eigenvalue weighted by molar-refractivity contribution is -0.150. The van der Waals surface area contributed by atoms with Crippen molar-refractivity contribution in [2.45, 2.75) is 245 Å². The van der Waals surface area contributed by atoms with E-state index in [0.29, 0.717) is 12.8 Å². The van der Waals surface area contributed by atoms with Crippen molar-refractivity contribution in [3.63, 3.8) is 0 Å². The molecular formula is C44H88N2O3. The number of hydrogen-bond donors (Lipinski definition) is 1. The molecule has 0 bridgehead atoms. The fourth-order valence-electron chi connectivity index (χ4n) is 6.90. The second-order valence-corrected chi connectivity index (χ2v) is 15.4. The average molecular weight is 693 g/mol. The highest BCUT2D eigenvalue weighted by Gasteiger charge is 2.15. The van der Waals surface area contributed by atoms with Crippen molar-refractivity contribution in [3.05, 3.63) is 0 Å². The number of hydrogen-bond acceptors (Lipinski definition) is 4. The van der Waals surface area contributed by atoms with E-state index in [1.807, 2.05) is 0 Å². The van der Waals surface area contributed by atoms with Crippen LogP contribution < -0.4 is 5.32 Å². The van der Waals surface area contributed by atoms with Gasteiger partial charge >= 0.3 is 5.97 Å². The summed E-state index contributed by atoms with van der Waals surface area (Å²) < 4.78 is 5.80. The van der Waals surface area contributed by atoms with E-state index < -0.39 is 0 Å². The fraction of sp³-hybridized carbons (Fsp3) is 0.955. The number of carbonyl (C=O) groups is 2. The summed E-state index contributed by atoms with van der Waals surface area (Å²) >= 11 is 0. The highest BCUT2D eigenvalue weighted by Crippen LogP contribution is 2.16. The highest BCUT2D eigenvalue weighted by molar-refractivity contribution is 5.75. The Hall–Kier alpha value is -1.10. The minimum absolute atomic E-state index is 0.0407.